The van der Waals surface area contributed by atoms with E-state index < -0.39 is 0 Å². The van der Waals surface area contributed by atoms with Gasteiger partial charge in [0.05, 0.1) is 13.2 Å². The number of nitrogens with two attached hydrogens (primary N) is 1. The van der Waals surface area contributed by atoms with Gasteiger partial charge in [-0.05, 0) is 21.0 Å². The van der Waals surface area contributed by atoms with Crippen LogP contribution < -0.4 is 11.1 Å². The van der Waals surface area contributed by atoms with Gasteiger partial charge in [-0.3, -0.25) is 0 Å². The Morgan fingerprint density at radius 2 is 1.86 bits per heavy atom. The Balaban J connectivity index is 2.56. The number of aromatic nitrogens is 2. The molecular weight excluding hydrogens is 266 g/mol. The summed E-state index contributed by atoms with van der Waals surface area (Å²) in [5.41, 5.74) is 6.74. The summed E-state index contributed by atoms with van der Waals surface area (Å²) in [6.07, 6.45) is 0. The van der Waals surface area contributed by atoms with Crippen LogP contribution in [0.25, 0.3) is 0 Å². The standard InChI is InChI=1S/C15H29N5O/c1-11-12(16)18-14(15(2,3)4)19-13(11)17-7-9-21-10-8-20(5)6/h7-10H2,1-6H3,(H3,16,17,18,19). The van der Waals surface area contributed by atoms with E-state index in [1.165, 1.54) is 0 Å². The van der Waals surface area contributed by atoms with Crippen LogP contribution in [0.3, 0.4) is 0 Å². The molecule has 0 aliphatic rings. The molecule has 0 amide bonds. The Morgan fingerprint density at radius 3 is 2.43 bits per heavy atom. The van der Waals surface area contributed by atoms with Crippen molar-refractivity contribution in [2.24, 2.45) is 0 Å². The number of likely N-dealkylation sites (N-methyl/N-ethyl adjacent to an activating group) is 1. The maximum atomic E-state index is 5.98. The van der Waals surface area contributed by atoms with Crippen LogP contribution in [0.2, 0.25) is 0 Å². The van der Waals surface area contributed by atoms with Crippen LogP contribution >= 0.6 is 0 Å². The first-order valence-corrected chi connectivity index (χ1v) is 7.32. The summed E-state index contributed by atoms with van der Waals surface area (Å²) >= 11 is 0. The van der Waals surface area contributed by atoms with Crippen LogP contribution in [0.5, 0.6) is 0 Å². The maximum absolute atomic E-state index is 5.98. The molecule has 0 radical (unpaired) electrons. The van der Waals surface area contributed by atoms with Crippen LogP contribution in [0.15, 0.2) is 0 Å². The van der Waals surface area contributed by atoms with Crippen molar-refractivity contribution < 1.29 is 4.74 Å². The smallest absolute Gasteiger partial charge is 0.138 e. The minimum Gasteiger partial charge on any atom is -0.383 e. The lowest BCUT2D eigenvalue weighted by atomic mass is 9.95. The lowest BCUT2D eigenvalue weighted by molar-refractivity contribution is 0.126. The van der Waals surface area contributed by atoms with E-state index in [0.29, 0.717) is 19.0 Å². The molecule has 0 bridgehead atoms. The maximum Gasteiger partial charge on any atom is 0.138 e. The van der Waals surface area contributed by atoms with Gasteiger partial charge in [0.15, 0.2) is 0 Å². The number of ether oxygens (including phenoxy) is 1. The van der Waals surface area contributed by atoms with Crippen molar-refractivity contribution in [1.29, 1.82) is 0 Å². The zero-order valence-electron chi connectivity index (χ0n) is 14.2. The number of hydrogen-bond donors (Lipinski definition) is 2. The molecule has 6 heteroatoms. The number of hydrogen-bond acceptors (Lipinski definition) is 6. The second-order valence-electron chi connectivity index (χ2n) is 6.50. The highest BCUT2D eigenvalue weighted by Crippen LogP contribution is 2.24. The van der Waals surface area contributed by atoms with Crippen molar-refractivity contribution in [3.05, 3.63) is 11.4 Å². The molecule has 1 aromatic rings. The van der Waals surface area contributed by atoms with Crippen molar-refractivity contribution >= 4 is 11.6 Å². The fourth-order valence-electron chi connectivity index (χ4n) is 1.63. The zero-order valence-corrected chi connectivity index (χ0v) is 14.2. The Hall–Kier alpha value is -1.40. The van der Waals surface area contributed by atoms with Gasteiger partial charge in [-0.2, -0.15) is 0 Å². The summed E-state index contributed by atoms with van der Waals surface area (Å²) in [6.45, 7) is 11.1. The van der Waals surface area contributed by atoms with Crippen LogP contribution in [0.1, 0.15) is 32.2 Å². The molecular formula is C15H29N5O. The first-order valence-electron chi connectivity index (χ1n) is 7.32. The van der Waals surface area contributed by atoms with Crippen molar-refractivity contribution in [2.45, 2.75) is 33.1 Å². The minimum atomic E-state index is -0.125. The zero-order chi connectivity index (χ0) is 16.0. The van der Waals surface area contributed by atoms with E-state index >= 15 is 0 Å². The van der Waals surface area contributed by atoms with E-state index in [-0.39, 0.29) is 5.41 Å². The predicted molar refractivity (Wildman–Crippen MR) is 87.7 cm³/mol. The highest BCUT2D eigenvalue weighted by molar-refractivity contribution is 5.55. The van der Waals surface area contributed by atoms with Gasteiger partial charge >= 0.3 is 0 Å². The summed E-state index contributed by atoms with van der Waals surface area (Å²) in [4.78, 5) is 11.1. The first-order chi connectivity index (χ1) is 9.71. The molecule has 120 valence electrons. The molecule has 0 unspecified atom stereocenters. The third-order valence-electron chi connectivity index (χ3n) is 3.08. The van der Waals surface area contributed by atoms with Gasteiger partial charge in [-0.15, -0.1) is 0 Å². The topological polar surface area (TPSA) is 76.3 Å². The highest BCUT2D eigenvalue weighted by atomic mass is 16.5. The second kappa shape index (κ2) is 7.56. The van der Waals surface area contributed by atoms with Gasteiger partial charge in [-0.25, -0.2) is 9.97 Å². The lowest BCUT2D eigenvalue weighted by Crippen LogP contribution is -2.22. The number of nitrogens with one attached hydrogen (secondary N) is 1. The van der Waals surface area contributed by atoms with Gasteiger partial charge in [0.25, 0.3) is 0 Å². The average molecular weight is 295 g/mol. The molecule has 0 atom stereocenters. The number of rotatable bonds is 7. The number of nitrogens with zero attached hydrogens (tertiary/aromatic N) is 3. The highest BCUT2D eigenvalue weighted by Gasteiger charge is 2.20. The van der Waals surface area contributed by atoms with Gasteiger partial charge in [-0.1, -0.05) is 20.8 Å². The van der Waals surface area contributed by atoms with E-state index in [9.17, 15) is 0 Å². The summed E-state index contributed by atoms with van der Waals surface area (Å²) in [5.74, 6) is 2.08. The van der Waals surface area contributed by atoms with Gasteiger partial charge in [0.1, 0.15) is 17.5 Å². The molecule has 0 aliphatic heterocycles. The van der Waals surface area contributed by atoms with Gasteiger partial charge in [0.2, 0.25) is 0 Å². The Morgan fingerprint density at radius 1 is 1.19 bits per heavy atom. The van der Waals surface area contributed by atoms with Gasteiger partial charge < -0.3 is 20.7 Å². The molecule has 3 N–H and O–H groups in total. The monoisotopic (exact) mass is 295 g/mol. The van der Waals surface area contributed by atoms with E-state index in [1.807, 2.05) is 21.0 Å². The van der Waals surface area contributed by atoms with Crippen molar-refractivity contribution in [3.63, 3.8) is 0 Å². The van der Waals surface area contributed by atoms with Crippen LogP contribution in [-0.2, 0) is 10.2 Å². The van der Waals surface area contributed by atoms with Gasteiger partial charge in [0, 0.05) is 24.1 Å². The lowest BCUT2D eigenvalue weighted by Gasteiger charge is -2.20. The minimum absolute atomic E-state index is 0.125. The largest absolute Gasteiger partial charge is 0.383 e. The molecule has 1 rings (SSSR count). The summed E-state index contributed by atoms with van der Waals surface area (Å²) < 4.78 is 5.55. The first kappa shape index (κ1) is 17.7. The second-order valence-corrected chi connectivity index (χ2v) is 6.50. The molecule has 0 saturated carbocycles. The van der Waals surface area contributed by atoms with Crippen LogP contribution in [0.4, 0.5) is 11.6 Å². The third kappa shape index (κ3) is 5.85. The molecule has 6 nitrogen and oxygen atoms in total. The molecule has 0 saturated heterocycles. The molecule has 0 aromatic carbocycles. The third-order valence-corrected chi connectivity index (χ3v) is 3.08. The normalized spacial score (nSPS) is 12.0. The number of anilines is 2. The molecule has 1 aromatic heterocycles. The van der Waals surface area contributed by atoms with E-state index in [1.54, 1.807) is 0 Å². The van der Waals surface area contributed by atoms with Crippen LogP contribution in [0, 0.1) is 6.92 Å². The summed E-state index contributed by atoms with van der Waals surface area (Å²) in [6, 6.07) is 0. The molecule has 21 heavy (non-hydrogen) atoms. The fourth-order valence-corrected chi connectivity index (χ4v) is 1.63. The van der Waals surface area contributed by atoms with E-state index in [4.69, 9.17) is 10.5 Å². The van der Waals surface area contributed by atoms with Crippen molar-refractivity contribution in [1.82, 2.24) is 14.9 Å². The van der Waals surface area contributed by atoms with E-state index in [0.717, 1.165) is 30.4 Å². The summed E-state index contributed by atoms with van der Waals surface area (Å²) in [5, 5.41) is 3.28. The fraction of sp³-hybridized carbons (Fsp3) is 0.733. The molecule has 0 spiro atoms. The average Bonchev–Trinajstić information content (AvgIpc) is 2.36. The molecule has 0 fully saturated rings. The Labute approximate surface area is 128 Å². The van der Waals surface area contributed by atoms with Crippen LogP contribution in [-0.4, -0.2) is 55.3 Å². The number of nitrogen functional groups attached to an aromatic ring is 1. The van der Waals surface area contributed by atoms with E-state index in [2.05, 4.69) is 41.0 Å². The summed E-state index contributed by atoms with van der Waals surface area (Å²) in [7, 11) is 4.06. The van der Waals surface area contributed by atoms with Crippen molar-refractivity contribution in [2.75, 3.05) is 51.4 Å². The molecule has 0 aliphatic carbocycles. The quantitative estimate of drug-likeness (QED) is 0.745. The Kier molecular flexibility index (Phi) is 6.36. The Bertz CT molecular complexity index is 454. The molecule has 1 heterocycles. The van der Waals surface area contributed by atoms with Crippen molar-refractivity contribution in [3.8, 4) is 0 Å². The predicted octanol–water partition coefficient (Wildman–Crippen LogP) is 1.65. The SMILES string of the molecule is Cc1c(N)nc(C(C)(C)C)nc1NCCOCCN(C)C.